The fourth-order valence-electron chi connectivity index (χ4n) is 3.60. The van der Waals surface area contributed by atoms with Crippen LogP contribution in [0.3, 0.4) is 0 Å². The summed E-state index contributed by atoms with van der Waals surface area (Å²) in [6.07, 6.45) is 2.36. The fraction of sp³-hybridized carbons (Fsp3) is 0.636. The van der Waals surface area contributed by atoms with E-state index in [0.717, 1.165) is 31.4 Å². The van der Waals surface area contributed by atoms with E-state index in [1.807, 2.05) is 0 Å². The Hall–Kier alpha value is -2.12. The summed E-state index contributed by atoms with van der Waals surface area (Å²) in [4.78, 5) is 26.0. The predicted molar refractivity (Wildman–Crippen MR) is 104 cm³/mol. The number of amides is 1. The maximum atomic E-state index is 13.3. The van der Waals surface area contributed by atoms with Gasteiger partial charge in [0.2, 0.25) is 0 Å². The van der Waals surface area contributed by atoms with E-state index < -0.39 is 29.0 Å². The number of benzene rings is 1. The van der Waals surface area contributed by atoms with Crippen LogP contribution < -0.4 is 0 Å². The molecule has 1 aliphatic rings. The number of hydrogen-bond donors (Lipinski definition) is 0. The van der Waals surface area contributed by atoms with Crippen molar-refractivity contribution in [3.8, 4) is 0 Å². The average Bonchev–Trinajstić information content (AvgIpc) is 2.72. The monoisotopic (exact) mass is 431 g/mol. The molecule has 30 heavy (non-hydrogen) atoms. The molecule has 2 rings (SSSR count). The second-order valence-corrected chi connectivity index (χ2v) is 7.69. The normalized spacial score (nSPS) is 15.3. The van der Waals surface area contributed by atoms with Crippen LogP contribution in [0.15, 0.2) is 18.2 Å². The first-order chi connectivity index (χ1) is 14.2. The number of piperidine rings is 1. The summed E-state index contributed by atoms with van der Waals surface area (Å²) in [5, 5.41) is 0. The summed E-state index contributed by atoms with van der Waals surface area (Å²) < 4.78 is 58.0. The van der Waals surface area contributed by atoms with Crippen LogP contribution >= 0.6 is 0 Å². The van der Waals surface area contributed by atoms with E-state index in [1.54, 1.807) is 0 Å². The molecule has 0 saturated carbocycles. The van der Waals surface area contributed by atoms with Crippen LogP contribution in [0.25, 0.3) is 0 Å². The summed E-state index contributed by atoms with van der Waals surface area (Å²) in [5.74, 6) is -2.52. The van der Waals surface area contributed by atoms with Crippen molar-refractivity contribution in [1.29, 1.82) is 0 Å². The van der Waals surface area contributed by atoms with Crippen LogP contribution in [0.1, 0.15) is 74.2 Å². The minimum atomic E-state index is -4.83. The Labute approximate surface area is 174 Å². The highest BCUT2D eigenvalue weighted by atomic mass is 19.4. The molecular weight excluding hydrogens is 402 g/mol. The minimum Gasteiger partial charge on any atom is -0.465 e. The van der Waals surface area contributed by atoms with Gasteiger partial charge >= 0.3 is 12.1 Å². The van der Waals surface area contributed by atoms with E-state index in [9.17, 15) is 27.2 Å². The smallest absolute Gasteiger partial charge is 0.417 e. The maximum Gasteiger partial charge on any atom is 0.417 e. The molecule has 0 N–H and O–H groups in total. The summed E-state index contributed by atoms with van der Waals surface area (Å²) in [7, 11) is 0. The van der Waals surface area contributed by atoms with Crippen LogP contribution in [-0.4, -0.2) is 36.5 Å². The molecule has 1 amide bonds. The number of esters is 1. The zero-order valence-electron chi connectivity index (χ0n) is 17.3. The Morgan fingerprint density at radius 3 is 2.33 bits per heavy atom. The van der Waals surface area contributed by atoms with Gasteiger partial charge in [-0.3, -0.25) is 9.59 Å². The van der Waals surface area contributed by atoms with Gasteiger partial charge in [-0.2, -0.15) is 13.2 Å². The highest BCUT2D eigenvalue weighted by Crippen LogP contribution is 2.33. The van der Waals surface area contributed by atoms with Gasteiger partial charge in [0.05, 0.1) is 23.7 Å². The first-order valence-corrected chi connectivity index (χ1v) is 10.6. The van der Waals surface area contributed by atoms with Crippen LogP contribution in [0.5, 0.6) is 0 Å². The standard InChI is InChI=1S/C22H29F4NO3/c1-2-3-4-5-6-7-14-30-21(29)16-10-12-27(13-11-16)20(28)18-9-8-17(23)15-19(18)22(24,25)26/h8-9,15-16H,2-7,10-14H2,1H3. The van der Waals surface area contributed by atoms with Gasteiger partial charge in [-0.25, -0.2) is 4.39 Å². The highest BCUT2D eigenvalue weighted by molar-refractivity contribution is 5.96. The highest BCUT2D eigenvalue weighted by Gasteiger charge is 2.37. The molecular formula is C22H29F4NO3. The molecule has 0 spiro atoms. The van der Waals surface area contributed by atoms with E-state index in [0.29, 0.717) is 25.5 Å². The zero-order chi connectivity index (χ0) is 22.1. The molecule has 1 aromatic rings. The number of likely N-dealkylation sites (tertiary alicyclic amines) is 1. The summed E-state index contributed by atoms with van der Waals surface area (Å²) in [6.45, 7) is 2.83. The van der Waals surface area contributed by atoms with Crippen molar-refractivity contribution < 1.29 is 31.9 Å². The van der Waals surface area contributed by atoms with Crippen molar-refractivity contribution in [3.05, 3.63) is 35.1 Å². The molecule has 8 heteroatoms. The molecule has 4 nitrogen and oxygen atoms in total. The van der Waals surface area contributed by atoms with Crippen molar-refractivity contribution >= 4 is 11.9 Å². The number of nitrogens with zero attached hydrogens (tertiary/aromatic N) is 1. The van der Waals surface area contributed by atoms with Crippen molar-refractivity contribution in [3.63, 3.8) is 0 Å². The quantitative estimate of drug-likeness (QED) is 0.290. The lowest BCUT2D eigenvalue weighted by atomic mass is 9.96. The second kappa shape index (κ2) is 11.3. The van der Waals surface area contributed by atoms with Crippen molar-refractivity contribution in [2.45, 2.75) is 64.5 Å². The van der Waals surface area contributed by atoms with E-state index in [-0.39, 0.29) is 25.0 Å². The Morgan fingerprint density at radius 1 is 1.07 bits per heavy atom. The molecule has 0 aromatic heterocycles. The lowest BCUT2D eigenvalue weighted by Crippen LogP contribution is -2.41. The van der Waals surface area contributed by atoms with Gasteiger partial charge in [0, 0.05) is 13.1 Å². The van der Waals surface area contributed by atoms with Gasteiger partial charge in [0.25, 0.3) is 5.91 Å². The maximum absolute atomic E-state index is 13.3. The molecule has 1 aliphatic heterocycles. The number of rotatable bonds is 9. The Balaban J connectivity index is 1.82. The third-order valence-electron chi connectivity index (χ3n) is 5.38. The fourth-order valence-corrected chi connectivity index (χ4v) is 3.60. The van der Waals surface area contributed by atoms with Gasteiger partial charge in [0.1, 0.15) is 5.82 Å². The number of hydrogen-bond acceptors (Lipinski definition) is 3. The third-order valence-corrected chi connectivity index (χ3v) is 5.38. The van der Waals surface area contributed by atoms with Crippen LogP contribution in [0.2, 0.25) is 0 Å². The molecule has 0 radical (unpaired) electrons. The average molecular weight is 431 g/mol. The van der Waals surface area contributed by atoms with Crippen molar-refractivity contribution in [1.82, 2.24) is 4.90 Å². The Morgan fingerprint density at radius 2 is 1.70 bits per heavy atom. The molecule has 168 valence electrons. The molecule has 1 heterocycles. The Kier molecular flexibility index (Phi) is 9.11. The molecule has 0 aliphatic carbocycles. The van der Waals surface area contributed by atoms with Gasteiger partial charge in [-0.15, -0.1) is 0 Å². The first kappa shape index (κ1) is 24.2. The number of carbonyl (C=O) groups excluding carboxylic acids is 2. The molecule has 1 saturated heterocycles. The Bertz CT molecular complexity index is 713. The van der Waals surface area contributed by atoms with E-state index in [4.69, 9.17) is 4.74 Å². The molecule has 1 fully saturated rings. The lowest BCUT2D eigenvalue weighted by molar-refractivity contribution is -0.150. The van der Waals surface area contributed by atoms with Crippen molar-refractivity contribution in [2.24, 2.45) is 5.92 Å². The largest absolute Gasteiger partial charge is 0.465 e. The SMILES string of the molecule is CCCCCCCCOC(=O)C1CCN(C(=O)c2ccc(F)cc2C(F)(F)F)CC1. The number of carbonyl (C=O) groups is 2. The van der Waals surface area contributed by atoms with E-state index in [2.05, 4.69) is 6.92 Å². The number of halogens is 4. The summed E-state index contributed by atoms with van der Waals surface area (Å²) >= 11 is 0. The molecule has 0 atom stereocenters. The van der Waals surface area contributed by atoms with Gasteiger partial charge < -0.3 is 9.64 Å². The van der Waals surface area contributed by atoms with Crippen molar-refractivity contribution in [2.75, 3.05) is 19.7 Å². The topological polar surface area (TPSA) is 46.6 Å². The first-order valence-electron chi connectivity index (χ1n) is 10.6. The van der Waals surface area contributed by atoms with Crippen LogP contribution in [0, 0.1) is 11.7 Å². The van der Waals surface area contributed by atoms with Gasteiger partial charge in [-0.05, 0) is 37.5 Å². The molecule has 0 bridgehead atoms. The van der Waals surface area contributed by atoms with Gasteiger partial charge in [-0.1, -0.05) is 39.0 Å². The van der Waals surface area contributed by atoms with Crippen LogP contribution in [-0.2, 0) is 15.7 Å². The number of alkyl halides is 3. The number of ether oxygens (including phenoxy) is 1. The summed E-state index contributed by atoms with van der Waals surface area (Å²) in [6, 6.07) is 2.04. The second-order valence-electron chi connectivity index (χ2n) is 7.69. The molecule has 1 aromatic carbocycles. The van der Waals surface area contributed by atoms with E-state index in [1.165, 1.54) is 24.2 Å². The van der Waals surface area contributed by atoms with Gasteiger partial charge in [0.15, 0.2) is 0 Å². The lowest BCUT2D eigenvalue weighted by Gasteiger charge is -2.31. The van der Waals surface area contributed by atoms with Crippen LogP contribution in [0.4, 0.5) is 17.6 Å². The predicted octanol–water partition coefficient (Wildman–Crippen LogP) is 5.60. The summed E-state index contributed by atoms with van der Waals surface area (Å²) in [5.41, 5.74) is -1.86. The molecule has 0 unspecified atom stereocenters. The van der Waals surface area contributed by atoms with E-state index >= 15 is 0 Å². The zero-order valence-corrected chi connectivity index (χ0v) is 17.3. The third kappa shape index (κ3) is 6.99. The number of unbranched alkanes of at least 4 members (excludes halogenated alkanes) is 5. The minimum absolute atomic E-state index is 0.157.